The highest BCUT2D eigenvalue weighted by Crippen LogP contribution is 2.28. The molecular formula is C22H29N3O3. The third-order valence-corrected chi connectivity index (χ3v) is 5.46. The van der Waals surface area contributed by atoms with Gasteiger partial charge in [-0.25, -0.2) is 0 Å². The monoisotopic (exact) mass is 383 g/mol. The summed E-state index contributed by atoms with van der Waals surface area (Å²) < 4.78 is 10.6. The van der Waals surface area contributed by atoms with Gasteiger partial charge in [-0.3, -0.25) is 9.69 Å². The lowest BCUT2D eigenvalue weighted by molar-refractivity contribution is -0.125. The Kier molecular flexibility index (Phi) is 6.54. The molecule has 0 aromatic heterocycles. The fourth-order valence-electron chi connectivity index (χ4n) is 3.72. The molecule has 1 amide bonds. The molecule has 3 N–H and O–H groups in total. The molecule has 0 aliphatic carbocycles. The van der Waals surface area contributed by atoms with E-state index in [1.165, 1.54) is 5.56 Å². The lowest BCUT2D eigenvalue weighted by atomic mass is 9.95. The number of hydrogen-bond acceptors (Lipinski definition) is 5. The van der Waals surface area contributed by atoms with Crippen LogP contribution in [0.5, 0.6) is 11.5 Å². The topological polar surface area (TPSA) is 76.8 Å². The molecule has 0 radical (unpaired) electrons. The average Bonchev–Trinajstić information content (AvgIpc) is 3.13. The highest BCUT2D eigenvalue weighted by Gasteiger charge is 2.35. The number of hydrogen-bond donors (Lipinski definition) is 2. The summed E-state index contributed by atoms with van der Waals surface area (Å²) in [6.07, 6.45) is 0. The number of nitrogens with zero attached hydrogens (tertiary/aromatic N) is 1. The van der Waals surface area contributed by atoms with Gasteiger partial charge in [-0.2, -0.15) is 0 Å². The molecule has 3 atom stereocenters. The van der Waals surface area contributed by atoms with Crippen LogP contribution in [0.15, 0.2) is 48.5 Å². The molecule has 150 valence electrons. The smallest absolute Gasteiger partial charge is 0.237 e. The van der Waals surface area contributed by atoms with E-state index in [0.29, 0.717) is 24.6 Å². The van der Waals surface area contributed by atoms with E-state index in [2.05, 4.69) is 22.3 Å². The van der Waals surface area contributed by atoms with Gasteiger partial charge >= 0.3 is 0 Å². The van der Waals surface area contributed by atoms with E-state index in [4.69, 9.17) is 15.2 Å². The van der Waals surface area contributed by atoms with Crippen molar-refractivity contribution < 1.29 is 14.3 Å². The maximum absolute atomic E-state index is 12.7. The summed E-state index contributed by atoms with van der Waals surface area (Å²) in [5, 5.41) is 3.02. The Hall–Kier alpha value is -2.57. The lowest BCUT2D eigenvalue weighted by Crippen LogP contribution is -2.44. The number of carbonyl (C=O) groups excluding carboxylic acids is 1. The Bertz CT molecular complexity index is 797. The number of ether oxygens (including phenoxy) is 2. The first-order chi connectivity index (χ1) is 13.5. The molecule has 0 spiro atoms. The third-order valence-electron chi connectivity index (χ3n) is 5.46. The second-order valence-corrected chi connectivity index (χ2v) is 7.22. The largest absolute Gasteiger partial charge is 0.493 e. The van der Waals surface area contributed by atoms with Gasteiger partial charge in [-0.15, -0.1) is 0 Å². The fraction of sp³-hybridized carbons (Fsp3) is 0.409. The normalized spacial score (nSPS) is 20.6. The van der Waals surface area contributed by atoms with Crippen molar-refractivity contribution >= 4 is 5.91 Å². The minimum atomic E-state index is -0.236. The number of amides is 1. The fourth-order valence-corrected chi connectivity index (χ4v) is 3.72. The molecule has 3 rings (SSSR count). The van der Waals surface area contributed by atoms with Crippen LogP contribution in [-0.2, 0) is 11.3 Å². The number of likely N-dealkylation sites (tertiary alicyclic amines) is 1. The predicted octanol–water partition coefficient (Wildman–Crippen LogP) is 2.14. The van der Waals surface area contributed by atoms with Crippen LogP contribution in [0.1, 0.15) is 24.0 Å². The Balaban J connectivity index is 1.58. The van der Waals surface area contributed by atoms with Crippen LogP contribution in [0.4, 0.5) is 0 Å². The Labute approximate surface area is 166 Å². The van der Waals surface area contributed by atoms with Gasteiger partial charge in [0.25, 0.3) is 0 Å². The standard InChI is InChI=1S/C22H29N3O3/c1-15(25-13-18(19(23)14-25)17-7-5-4-6-8-17)22(26)24-12-16-9-10-20(27-2)21(11-16)28-3/h4-11,15,18-19H,12-14,23H2,1-3H3,(H,24,26)/t15?,18-,19+/m0/s1. The molecule has 1 fully saturated rings. The first kappa shape index (κ1) is 20.2. The Morgan fingerprint density at radius 2 is 1.86 bits per heavy atom. The van der Waals surface area contributed by atoms with Crippen molar-refractivity contribution in [2.75, 3.05) is 27.3 Å². The SMILES string of the molecule is COc1ccc(CNC(=O)C(C)N2C[C@@H](N)[C@H](c3ccccc3)C2)cc1OC. The molecule has 1 heterocycles. The van der Waals surface area contributed by atoms with Crippen molar-refractivity contribution in [2.24, 2.45) is 5.73 Å². The first-order valence-electron chi connectivity index (χ1n) is 9.56. The first-order valence-corrected chi connectivity index (χ1v) is 9.56. The lowest BCUT2D eigenvalue weighted by Gasteiger charge is -2.23. The van der Waals surface area contributed by atoms with Crippen molar-refractivity contribution in [1.29, 1.82) is 0 Å². The molecule has 0 saturated carbocycles. The maximum atomic E-state index is 12.7. The molecule has 1 saturated heterocycles. The quantitative estimate of drug-likeness (QED) is 0.766. The summed E-state index contributed by atoms with van der Waals surface area (Å²) in [6.45, 7) is 3.87. The molecule has 6 nitrogen and oxygen atoms in total. The zero-order valence-electron chi connectivity index (χ0n) is 16.7. The number of rotatable bonds is 7. The van der Waals surface area contributed by atoms with Gasteiger partial charge in [0.1, 0.15) is 0 Å². The van der Waals surface area contributed by atoms with Crippen molar-refractivity contribution in [3.8, 4) is 11.5 Å². The van der Waals surface area contributed by atoms with Gasteiger partial charge in [0.2, 0.25) is 5.91 Å². The van der Waals surface area contributed by atoms with Crippen LogP contribution >= 0.6 is 0 Å². The van der Waals surface area contributed by atoms with Crippen molar-refractivity contribution in [3.05, 3.63) is 59.7 Å². The minimum Gasteiger partial charge on any atom is -0.493 e. The number of methoxy groups -OCH3 is 2. The zero-order chi connectivity index (χ0) is 20.1. The second kappa shape index (κ2) is 9.08. The highest BCUT2D eigenvalue weighted by molar-refractivity contribution is 5.81. The van der Waals surface area contributed by atoms with E-state index in [9.17, 15) is 4.79 Å². The van der Waals surface area contributed by atoms with E-state index >= 15 is 0 Å². The second-order valence-electron chi connectivity index (χ2n) is 7.22. The molecule has 1 aliphatic heterocycles. The number of benzene rings is 2. The van der Waals surface area contributed by atoms with Gasteiger partial charge in [-0.1, -0.05) is 36.4 Å². The molecule has 1 unspecified atom stereocenters. The average molecular weight is 383 g/mol. The molecule has 0 bridgehead atoms. The molecular weight excluding hydrogens is 354 g/mol. The summed E-state index contributed by atoms with van der Waals surface area (Å²) in [4.78, 5) is 14.8. The van der Waals surface area contributed by atoms with Crippen LogP contribution in [0.25, 0.3) is 0 Å². The Morgan fingerprint density at radius 3 is 2.54 bits per heavy atom. The number of nitrogens with one attached hydrogen (secondary N) is 1. The number of carbonyl (C=O) groups is 1. The van der Waals surface area contributed by atoms with Gasteiger partial charge < -0.3 is 20.5 Å². The van der Waals surface area contributed by atoms with Gasteiger partial charge in [0.15, 0.2) is 11.5 Å². The van der Waals surface area contributed by atoms with Gasteiger partial charge in [0, 0.05) is 31.6 Å². The summed E-state index contributed by atoms with van der Waals surface area (Å²) in [7, 11) is 3.20. The van der Waals surface area contributed by atoms with E-state index in [0.717, 1.165) is 12.1 Å². The maximum Gasteiger partial charge on any atom is 0.237 e. The summed E-state index contributed by atoms with van der Waals surface area (Å²) in [5.41, 5.74) is 8.55. The van der Waals surface area contributed by atoms with Gasteiger partial charge in [-0.05, 0) is 30.2 Å². The summed E-state index contributed by atoms with van der Waals surface area (Å²) >= 11 is 0. The van der Waals surface area contributed by atoms with E-state index < -0.39 is 0 Å². The predicted molar refractivity (Wildman–Crippen MR) is 110 cm³/mol. The third kappa shape index (κ3) is 4.46. The minimum absolute atomic E-state index is 0.00398. The summed E-state index contributed by atoms with van der Waals surface area (Å²) in [5.74, 6) is 1.57. The molecule has 1 aliphatic rings. The number of nitrogens with two attached hydrogens (primary N) is 1. The van der Waals surface area contributed by atoms with Crippen molar-refractivity contribution in [3.63, 3.8) is 0 Å². The molecule has 6 heteroatoms. The van der Waals surface area contributed by atoms with Crippen molar-refractivity contribution in [1.82, 2.24) is 10.2 Å². The van der Waals surface area contributed by atoms with Crippen LogP contribution in [0, 0.1) is 0 Å². The Morgan fingerprint density at radius 1 is 1.14 bits per heavy atom. The summed E-state index contributed by atoms with van der Waals surface area (Å²) in [6, 6.07) is 15.7. The van der Waals surface area contributed by atoms with E-state index in [1.807, 2.05) is 43.3 Å². The van der Waals surface area contributed by atoms with Crippen LogP contribution in [0.3, 0.4) is 0 Å². The molecule has 2 aromatic carbocycles. The molecule has 28 heavy (non-hydrogen) atoms. The van der Waals surface area contributed by atoms with E-state index in [-0.39, 0.29) is 23.9 Å². The van der Waals surface area contributed by atoms with Crippen LogP contribution < -0.4 is 20.5 Å². The van der Waals surface area contributed by atoms with Gasteiger partial charge in [0.05, 0.1) is 20.3 Å². The van der Waals surface area contributed by atoms with Crippen LogP contribution in [-0.4, -0.2) is 50.2 Å². The van der Waals surface area contributed by atoms with Crippen molar-refractivity contribution in [2.45, 2.75) is 31.5 Å². The van der Waals surface area contributed by atoms with E-state index in [1.54, 1.807) is 14.2 Å². The van der Waals surface area contributed by atoms with Crippen LogP contribution in [0.2, 0.25) is 0 Å². The highest BCUT2D eigenvalue weighted by atomic mass is 16.5. The zero-order valence-corrected chi connectivity index (χ0v) is 16.7. The molecule has 2 aromatic rings.